The summed E-state index contributed by atoms with van der Waals surface area (Å²) in [6, 6.07) is 0. The first-order chi connectivity index (χ1) is 5.51. The fourth-order valence-electron chi connectivity index (χ4n) is 0.601. The fraction of sp³-hybridized carbons (Fsp3) is 0.400. The molecule has 0 unspecified atom stereocenters. The van der Waals surface area contributed by atoms with Crippen molar-refractivity contribution >= 4 is 6.29 Å². The third-order valence-corrected chi connectivity index (χ3v) is 0.996. The van der Waals surface area contributed by atoms with Gasteiger partial charge in [-0.1, -0.05) is 0 Å². The van der Waals surface area contributed by atoms with Crippen LogP contribution in [0, 0.1) is 0 Å². The summed E-state index contributed by atoms with van der Waals surface area (Å²) in [5.41, 5.74) is -0.112. The highest BCUT2D eigenvalue weighted by Gasteiger charge is 2.29. The minimum atomic E-state index is -4.36. The molecule has 1 aromatic rings. The zero-order valence-corrected chi connectivity index (χ0v) is 5.75. The minimum Gasteiger partial charge on any atom is -0.296 e. The number of alkyl halides is 3. The van der Waals surface area contributed by atoms with Crippen LogP contribution in [0.4, 0.5) is 13.2 Å². The van der Waals surface area contributed by atoms with Gasteiger partial charge in [-0.25, -0.2) is 0 Å². The number of hydrogen-bond acceptors (Lipinski definition) is 3. The molecule has 1 aromatic heterocycles. The van der Waals surface area contributed by atoms with E-state index in [0.29, 0.717) is 11.1 Å². The molecular formula is C5H4F3N3O. The van der Waals surface area contributed by atoms with E-state index in [2.05, 4.69) is 10.2 Å². The lowest BCUT2D eigenvalue weighted by molar-refractivity contribution is -0.144. The van der Waals surface area contributed by atoms with Crippen LogP contribution >= 0.6 is 0 Å². The van der Waals surface area contributed by atoms with Gasteiger partial charge in [-0.15, -0.1) is 0 Å². The van der Waals surface area contributed by atoms with E-state index < -0.39 is 12.7 Å². The summed E-state index contributed by atoms with van der Waals surface area (Å²) in [4.78, 5) is 10.4. The number of aldehydes is 1. The maximum Gasteiger partial charge on any atom is 0.409 e. The molecular weight excluding hydrogens is 175 g/mol. The second-order valence-electron chi connectivity index (χ2n) is 2.03. The summed E-state index contributed by atoms with van der Waals surface area (Å²) < 4.78 is 35.0. The number of rotatable bonds is 2. The third kappa shape index (κ3) is 2.33. The molecule has 1 heterocycles. The van der Waals surface area contributed by atoms with E-state index >= 15 is 0 Å². The second-order valence-corrected chi connectivity index (χ2v) is 2.03. The maximum absolute atomic E-state index is 11.7. The summed E-state index contributed by atoms with van der Waals surface area (Å²) in [6.07, 6.45) is -3.06. The average Bonchev–Trinajstić information content (AvgIpc) is 2.32. The van der Waals surface area contributed by atoms with Crippen molar-refractivity contribution in [1.82, 2.24) is 15.0 Å². The van der Waals surface area contributed by atoms with Crippen LogP contribution in [0.25, 0.3) is 0 Å². The van der Waals surface area contributed by atoms with Crippen LogP contribution in [-0.4, -0.2) is 27.5 Å². The molecule has 12 heavy (non-hydrogen) atoms. The number of carbonyl (C=O) groups excluding carboxylic acids is 1. The number of nitrogens with zero attached hydrogens (tertiary/aromatic N) is 3. The predicted molar refractivity (Wildman–Crippen MR) is 31.5 cm³/mol. The Kier molecular flexibility index (Phi) is 2.11. The van der Waals surface area contributed by atoms with Gasteiger partial charge in [0.05, 0.1) is 6.20 Å². The average molecular weight is 179 g/mol. The van der Waals surface area contributed by atoms with E-state index in [4.69, 9.17) is 0 Å². The topological polar surface area (TPSA) is 47.8 Å². The zero-order chi connectivity index (χ0) is 9.19. The van der Waals surface area contributed by atoms with Crippen LogP contribution < -0.4 is 0 Å². The Morgan fingerprint density at radius 3 is 2.67 bits per heavy atom. The largest absolute Gasteiger partial charge is 0.409 e. The summed E-state index contributed by atoms with van der Waals surface area (Å²) >= 11 is 0. The Labute approximate surface area is 65.0 Å². The molecule has 0 aliphatic carbocycles. The lowest BCUT2D eigenvalue weighted by atomic mass is 10.6. The van der Waals surface area contributed by atoms with Gasteiger partial charge in [0, 0.05) is 0 Å². The van der Waals surface area contributed by atoms with Gasteiger partial charge in [-0.3, -0.25) is 4.79 Å². The molecule has 0 radical (unpaired) electrons. The molecule has 0 saturated heterocycles. The third-order valence-electron chi connectivity index (χ3n) is 0.996. The lowest BCUT2D eigenvalue weighted by Crippen LogP contribution is -2.19. The smallest absolute Gasteiger partial charge is 0.296 e. The number of carbonyl (C=O) groups is 1. The van der Waals surface area contributed by atoms with Crippen molar-refractivity contribution in [2.75, 3.05) is 0 Å². The Morgan fingerprint density at radius 2 is 2.25 bits per heavy atom. The Bertz CT molecular complexity index is 280. The standard InChI is InChI=1S/C5H4F3N3O/c6-5(7,8)3-11-9-1-4(2-12)10-11/h1-2H,3H2. The van der Waals surface area contributed by atoms with Crippen molar-refractivity contribution in [2.45, 2.75) is 12.7 Å². The van der Waals surface area contributed by atoms with E-state index in [1.54, 1.807) is 0 Å². The molecule has 0 aromatic carbocycles. The predicted octanol–water partition coefficient (Wildman–Crippen LogP) is 0.653. The molecule has 7 heteroatoms. The summed E-state index contributed by atoms with van der Waals surface area (Å²) in [7, 11) is 0. The van der Waals surface area contributed by atoms with E-state index in [1.807, 2.05) is 0 Å². The number of aromatic nitrogens is 3. The molecule has 0 fully saturated rings. The van der Waals surface area contributed by atoms with Crippen molar-refractivity contribution in [3.05, 3.63) is 11.9 Å². The molecule has 0 saturated carbocycles. The molecule has 0 aliphatic rings. The lowest BCUT2D eigenvalue weighted by Gasteiger charge is -2.03. The van der Waals surface area contributed by atoms with Crippen LogP contribution in [0.15, 0.2) is 6.20 Å². The molecule has 0 atom stereocenters. The Balaban J connectivity index is 2.70. The van der Waals surface area contributed by atoms with Crippen LogP contribution in [0.2, 0.25) is 0 Å². The molecule has 0 N–H and O–H groups in total. The van der Waals surface area contributed by atoms with Crippen LogP contribution in [0.3, 0.4) is 0 Å². The van der Waals surface area contributed by atoms with Gasteiger partial charge in [0.25, 0.3) is 0 Å². The number of halogens is 3. The van der Waals surface area contributed by atoms with Gasteiger partial charge in [-0.2, -0.15) is 28.2 Å². The van der Waals surface area contributed by atoms with E-state index in [1.165, 1.54) is 0 Å². The maximum atomic E-state index is 11.7. The first kappa shape index (κ1) is 8.69. The van der Waals surface area contributed by atoms with E-state index in [9.17, 15) is 18.0 Å². The molecule has 66 valence electrons. The van der Waals surface area contributed by atoms with Crippen molar-refractivity contribution in [3.8, 4) is 0 Å². The molecule has 0 amide bonds. The highest BCUT2D eigenvalue weighted by molar-refractivity contribution is 5.70. The quantitative estimate of drug-likeness (QED) is 0.626. The van der Waals surface area contributed by atoms with Gasteiger partial charge in [0.2, 0.25) is 0 Å². The Morgan fingerprint density at radius 1 is 1.58 bits per heavy atom. The zero-order valence-electron chi connectivity index (χ0n) is 5.75. The summed E-state index contributed by atoms with van der Waals surface area (Å²) in [5.74, 6) is 0. The van der Waals surface area contributed by atoms with Crippen molar-refractivity contribution < 1.29 is 18.0 Å². The van der Waals surface area contributed by atoms with Gasteiger partial charge in [0.1, 0.15) is 5.69 Å². The minimum absolute atomic E-state index is 0.112. The van der Waals surface area contributed by atoms with Crippen LogP contribution in [0.5, 0.6) is 0 Å². The van der Waals surface area contributed by atoms with E-state index in [0.717, 1.165) is 6.20 Å². The summed E-state index contributed by atoms with van der Waals surface area (Å²) in [6.45, 7) is -1.28. The first-order valence-electron chi connectivity index (χ1n) is 2.93. The molecule has 0 aliphatic heterocycles. The van der Waals surface area contributed by atoms with Crippen molar-refractivity contribution in [1.29, 1.82) is 0 Å². The molecule has 0 bridgehead atoms. The highest BCUT2D eigenvalue weighted by Crippen LogP contribution is 2.15. The monoisotopic (exact) mass is 179 g/mol. The first-order valence-corrected chi connectivity index (χ1v) is 2.93. The van der Waals surface area contributed by atoms with Crippen LogP contribution in [0.1, 0.15) is 10.5 Å². The summed E-state index contributed by atoms with van der Waals surface area (Å²) in [5, 5.41) is 6.46. The van der Waals surface area contributed by atoms with Crippen molar-refractivity contribution in [3.63, 3.8) is 0 Å². The van der Waals surface area contributed by atoms with Crippen LogP contribution in [-0.2, 0) is 6.54 Å². The highest BCUT2D eigenvalue weighted by atomic mass is 19.4. The Hall–Kier alpha value is -1.40. The van der Waals surface area contributed by atoms with Gasteiger partial charge < -0.3 is 0 Å². The van der Waals surface area contributed by atoms with Gasteiger partial charge >= 0.3 is 6.18 Å². The van der Waals surface area contributed by atoms with Gasteiger partial charge in [0.15, 0.2) is 12.8 Å². The SMILES string of the molecule is O=Cc1cnn(CC(F)(F)F)n1. The van der Waals surface area contributed by atoms with Gasteiger partial charge in [-0.05, 0) is 0 Å². The van der Waals surface area contributed by atoms with Crippen molar-refractivity contribution in [2.24, 2.45) is 0 Å². The molecule has 0 spiro atoms. The van der Waals surface area contributed by atoms with E-state index in [-0.39, 0.29) is 5.69 Å². The molecule has 1 rings (SSSR count). The molecule has 4 nitrogen and oxygen atoms in total. The number of hydrogen-bond donors (Lipinski definition) is 0. The second kappa shape index (κ2) is 2.92. The fourth-order valence-corrected chi connectivity index (χ4v) is 0.601. The normalized spacial score (nSPS) is 11.6.